The Morgan fingerprint density at radius 1 is 1.24 bits per heavy atom. The average Bonchev–Trinajstić information content (AvgIpc) is 3.28. The lowest BCUT2D eigenvalue weighted by molar-refractivity contribution is -0.124. The maximum atomic E-state index is 12.7. The molecule has 3 heterocycles. The standard InChI is InChI=1S/C20H26N2OS2/c1-14-5-2-3-6-16(14)21-19(23)13-22-10-8-17-15(9-12-25-17)20(22)18-7-4-11-24-18/h4,7,9,11-12,14,16,20H,2-3,5-6,8,10,13H2,1H3,(H,21,23)/t14-,16-,20-/m1/s1. The van der Waals surface area contributed by atoms with Gasteiger partial charge in [-0.2, -0.15) is 0 Å². The first-order chi connectivity index (χ1) is 12.2. The highest BCUT2D eigenvalue weighted by Crippen LogP contribution is 2.39. The van der Waals surface area contributed by atoms with Crippen molar-refractivity contribution in [3.05, 3.63) is 44.3 Å². The highest BCUT2D eigenvalue weighted by Gasteiger charge is 2.32. The van der Waals surface area contributed by atoms with Gasteiger partial charge in [-0.3, -0.25) is 9.69 Å². The zero-order valence-electron chi connectivity index (χ0n) is 14.7. The zero-order chi connectivity index (χ0) is 17.2. The topological polar surface area (TPSA) is 32.3 Å². The van der Waals surface area contributed by atoms with Gasteiger partial charge < -0.3 is 5.32 Å². The van der Waals surface area contributed by atoms with E-state index in [0.717, 1.165) is 19.4 Å². The molecule has 1 aliphatic heterocycles. The lowest BCUT2D eigenvalue weighted by Gasteiger charge is -2.36. The molecule has 2 aromatic rings. The number of carbonyl (C=O) groups is 1. The van der Waals surface area contributed by atoms with E-state index in [1.165, 1.54) is 34.6 Å². The lowest BCUT2D eigenvalue weighted by atomic mass is 9.86. The predicted molar refractivity (Wildman–Crippen MR) is 105 cm³/mol. The molecule has 0 bridgehead atoms. The van der Waals surface area contributed by atoms with E-state index in [2.05, 4.69) is 46.1 Å². The van der Waals surface area contributed by atoms with Crippen LogP contribution in [0.4, 0.5) is 0 Å². The van der Waals surface area contributed by atoms with Crippen molar-refractivity contribution in [3.8, 4) is 0 Å². The fraction of sp³-hybridized carbons (Fsp3) is 0.550. The summed E-state index contributed by atoms with van der Waals surface area (Å²) in [5.74, 6) is 0.801. The molecule has 0 aromatic carbocycles. The molecule has 134 valence electrons. The monoisotopic (exact) mass is 374 g/mol. The van der Waals surface area contributed by atoms with E-state index in [0.29, 0.717) is 18.5 Å². The van der Waals surface area contributed by atoms with E-state index < -0.39 is 0 Å². The van der Waals surface area contributed by atoms with Crippen molar-refractivity contribution in [2.45, 2.75) is 51.1 Å². The van der Waals surface area contributed by atoms with Crippen molar-refractivity contribution in [1.29, 1.82) is 0 Å². The van der Waals surface area contributed by atoms with Gasteiger partial charge in [0.05, 0.1) is 12.6 Å². The molecule has 4 rings (SSSR count). The van der Waals surface area contributed by atoms with E-state index in [-0.39, 0.29) is 11.9 Å². The summed E-state index contributed by atoms with van der Waals surface area (Å²) >= 11 is 3.65. The molecule has 2 aliphatic rings. The molecule has 1 aliphatic carbocycles. The molecule has 2 aromatic heterocycles. The maximum absolute atomic E-state index is 12.7. The SMILES string of the molecule is C[C@@H]1CCCC[C@H]1NC(=O)CN1CCc2sccc2[C@@H]1c1cccs1. The number of hydrogen-bond acceptors (Lipinski definition) is 4. The predicted octanol–water partition coefficient (Wildman–Crippen LogP) is 4.45. The summed E-state index contributed by atoms with van der Waals surface area (Å²) in [7, 11) is 0. The summed E-state index contributed by atoms with van der Waals surface area (Å²) in [6.45, 7) is 3.74. The fourth-order valence-corrected chi connectivity index (χ4v) is 6.07. The number of nitrogens with zero attached hydrogens (tertiary/aromatic N) is 1. The van der Waals surface area contributed by atoms with Crippen LogP contribution in [0.1, 0.15) is 54.0 Å². The van der Waals surface area contributed by atoms with Gasteiger partial charge >= 0.3 is 0 Å². The number of nitrogens with one attached hydrogen (secondary N) is 1. The summed E-state index contributed by atoms with van der Waals surface area (Å²) in [4.78, 5) is 17.9. The Morgan fingerprint density at radius 3 is 2.92 bits per heavy atom. The summed E-state index contributed by atoms with van der Waals surface area (Å²) in [5, 5.41) is 7.65. The summed E-state index contributed by atoms with van der Waals surface area (Å²) in [6, 6.07) is 7.17. The number of thiophene rings is 2. The van der Waals surface area contributed by atoms with Crippen LogP contribution in [0, 0.1) is 5.92 Å². The van der Waals surface area contributed by atoms with Gasteiger partial charge in [0.1, 0.15) is 0 Å². The number of fused-ring (bicyclic) bond motifs is 1. The van der Waals surface area contributed by atoms with Crippen molar-refractivity contribution in [1.82, 2.24) is 10.2 Å². The highest BCUT2D eigenvalue weighted by molar-refractivity contribution is 7.10. The molecule has 25 heavy (non-hydrogen) atoms. The van der Waals surface area contributed by atoms with E-state index in [4.69, 9.17) is 0 Å². The van der Waals surface area contributed by atoms with Crippen molar-refractivity contribution in [2.24, 2.45) is 5.92 Å². The van der Waals surface area contributed by atoms with E-state index in [9.17, 15) is 4.79 Å². The van der Waals surface area contributed by atoms with Crippen molar-refractivity contribution < 1.29 is 4.79 Å². The highest BCUT2D eigenvalue weighted by atomic mass is 32.1. The summed E-state index contributed by atoms with van der Waals surface area (Å²) < 4.78 is 0. The normalized spacial score (nSPS) is 27.0. The Bertz CT molecular complexity index is 709. The second-order valence-corrected chi connectivity index (χ2v) is 9.35. The van der Waals surface area contributed by atoms with E-state index in [1.807, 2.05) is 11.3 Å². The Labute approximate surface area is 158 Å². The van der Waals surface area contributed by atoms with Crippen LogP contribution in [-0.2, 0) is 11.2 Å². The number of amides is 1. The molecule has 3 nitrogen and oxygen atoms in total. The van der Waals surface area contributed by atoms with Crippen molar-refractivity contribution in [3.63, 3.8) is 0 Å². The Hall–Kier alpha value is -1.17. The third-order valence-electron chi connectivity index (χ3n) is 5.68. The van der Waals surface area contributed by atoms with Crippen LogP contribution in [0.15, 0.2) is 29.0 Å². The van der Waals surface area contributed by atoms with Gasteiger partial charge in [-0.1, -0.05) is 25.8 Å². The van der Waals surface area contributed by atoms with Gasteiger partial charge in [0.2, 0.25) is 5.91 Å². The van der Waals surface area contributed by atoms with Crippen LogP contribution < -0.4 is 5.32 Å². The average molecular weight is 375 g/mol. The molecule has 0 radical (unpaired) electrons. The smallest absolute Gasteiger partial charge is 0.234 e. The minimum atomic E-state index is 0.194. The molecule has 1 amide bonds. The van der Waals surface area contributed by atoms with Crippen LogP contribution in [0.3, 0.4) is 0 Å². The fourth-order valence-electron chi connectivity index (χ4n) is 4.29. The minimum Gasteiger partial charge on any atom is -0.352 e. The zero-order valence-corrected chi connectivity index (χ0v) is 16.4. The largest absolute Gasteiger partial charge is 0.352 e. The Morgan fingerprint density at radius 2 is 2.12 bits per heavy atom. The van der Waals surface area contributed by atoms with Crippen LogP contribution >= 0.6 is 22.7 Å². The Kier molecular flexibility index (Phi) is 5.25. The molecular weight excluding hydrogens is 348 g/mol. The summed E-state index contributed by atoms with van der Waals surface area (Å²) in [6.07, 6.45) is 5.98. The van der Waals surface area contributed by atoms with Gasteiger partial charge in [-0.25, -0.2) is 0 Å². The van der Waals surface area contributed by atoms with Crippen LogP contribution in [0.25, 0.3) is 0 Å². The number of rotatable bonds is 4. The van der Waals surface area contributed by atoms with Gasteiger partial charge in [0.15, 0.2) is 0 Å². The first kappa shape index (κ1) is 17.3. The molecule has 1 saturated carbocycles. The van der Waals surface area contributed by atoms with Gasteiger partial charge in [-0.05, 0) is 53.6 Å². The third kappa shape index (κ3) is 3.69. The van der Waals surface area contributed by atoms with Gasteiger partial charge in [-0.15, -0.1) is 22.7 Å². The van der Waals surface area contributed by atoms with Crippen molar-refractivity contribution >= 4 is 28.6 Å². The molecule has 0 saturated heterocycles. The molecule has 1 fully saturated rings. The van der Waals surface area contributed by atoms with E-state index in [1.54, 1.807) is 11.3 Å². The first-order valence-corrected chi connectivity index (χ1v) is 11.1. The third-order valence-corrected chi connectivity index (χ3v) is 7.60. The lowest BCUT2D eigenvalue weighted by Crippen LogP contribution is -2.47. The second-order valence-electron chi connectivity index (χ2n) is 7.37. The molecule has 5 heteroatoms. The Balaban J connectivity index is 1.48. The van der Waals surface area contributed by atoms with Gasteiger partial charge in [0.25, 0.3) is 0 Å². The molecule has 0 spiro atoms. The number of hydrogen-bond donors (Lipinski definition) is 1. The van der Waals surface area contributed by atoms with E-state index >= 15 is 0 Å². The second kappa shape index (κ2) is 7.60. The summed E-state index contributed by atoms with van der Waals surface area (Å²) in [5.41, 5.74) is 1.40. The van der Waals surface area contributed by atoms with Crippen molar-refractivity contribution in [2.75, 3.05) is 13.1 Å². The maximum Gasteiger partial charge on any atom is 0.234 e. The number of carbonyl (C=O) groups excluding carboxylic acids is 1. The first-order valence-electron chi connectivity index (χ1n) is 9.35. The quantitative estimate of drug-likeness (QED) is 0.857. The van der Waals surface area contributed by atoms with Crippen LogP contribution in [-0.4, -0.2) is 29.9 Å². The van der Waals surface area contributed by atoms with Crippen LogP contribution in [0.5, 0.6) is 0 Å². The molecule has 1 N–H and O–H groups in total. The van der Waals surface area contributed by atoms with Gasteiger partial charge in [0, 0.05) is 22.3 Å². The minimum absolute atomic E-state index is 0.194. The molecule has 3 atom stereocenters. The molecular formula is C20H26N2OS2. The molecule has 0 unspecified atom stereocenters. The van der Waals surface area contributed by atoms with Crippen LogP contribution in [0.2, 0.25) is 0 Å².